The number of anilines is 1. The first kappa shape index (κ1) is 12.8. The third-order valence-corrected chi connectivity index (χ3v) is 3.32. The number of nitrogens with two attached hydrogens (primary N) is 2. The van der Waals surface area contributed by atoms with Gasteiger partial charge in [-0.2, -0.15) is 0 Å². The summed E-state index contributed by atoms with van der Waals surface area (Å²) in [6, 6.07) is 3.21. The number of aromatic nitrogens is 1. The number of aliphatic hydroxyl groups is 1. The minimum atomic E-state index is -0.557. The number of primary amides is 1. The Labute approximate surface area is 106 Å². The molecule has 1 aromatic rings. The van der Waals surface area contributed by atoms with Crippen molar-refractivity contribution in [2.24, 2.45) is 17.4 Å². The first-order valence-corrected chi connectivity index (χ1v) is 5.94. The van der Waals surface area contributed by atoms with Crippen molar-refractivity contribution in [3.63, 3.8) is 0 Å². The van der Waals surface area contributed by atoms with Crippen molar-refractivity contribution < 1.29 is 9.90 Å². The van der Waals surface area contributed by atoms with Crippen molar-refractivity contribution in [2.45, 2.75) is 19.1 Å². The smallest absolute Gasteiger partial charge is 0.269 e. The van der Waals surface area contributed by atoms with Gasteiger partial charge in [-0.25, -0.2) is 4.98 Å². The maximum atomic E-state index is 11.3. The number of amides is 1. The molecule has 3 atom stereocenters. The van der Waals surface area contributed by atoms with Crippen LogP contribution in [0.3, 0.4) is 0 Å². The largest absolute Gasteiger partial charge is 0.391 e. The fourth-order valence-electron chi connectivity index (χ4n) is 2.35. The Morgan fingerprint density at radius 2 is 2.28 bits per heavy atom. The molecule has 1 saturated heterocycles. The maximum Gasteiger partial charge on any atom is 0.269 e. The number of aliphatic hydroxyl groups excluding tert-OH is 1. The first-order valence-electron chi connectivity index (χ1n) is 5.94. The molecule has 5 N–H and O–H groups in total. The van der Waals surface area contributed by atoms with Crippen LogP contribution < -0.4 is 16.4 Å². The van der Waals surface area contributed by atoms with Crippen LogP contribution in [-0.2, 0) is 0 Å². The summed E-state index contributed by atoms with van der Waals surface area (Å²) in [5, 5.41) is 9.83. The lowest BCUT2D eigenvalue weighted by molar-refractivity contribution is 0.0784. The van der Waals surface area contributed by atoms with Crippen LogP contribution in [0.25, 0.3) is 0 Å². The SMILES string of the molecule is CC1CN(c2cccnc2C(N)=O)CC(N)C1O. The summed E-state index contributed by atoms with van der Waals surface area (Å²) >= 11 is 0. The molecule has 1 aromatic heterocycles. The van der Waals surface area contributed by atoms with Crippen LogP contribution in [0.5, 0.6) is 0 Å². The summed E-state index contributed by atoms with van der Waals surface area (Å²) in [6.45, 7) is 3.04. The lowest BCUT2D eigenvalue weighted by Gasteiger charge is -2.40. The second-order valence-electron chi connectivity index (χ2n) is 4.77. The predicted octanol–water partition coefficient (Wildman–Crippen LogP) is -0.675. The van der Waals surface area contributed by atoms with Crippen molar-refractivity contribution in [3.05, 3.63) is 24.0 Å². The molecule has 2 heterocycles. The summed E-state index contributed by atoms with van der Waals surface area (Å²) < 4.78 is 0. The van der Waals surface area contributed by atoms with Gasteiger partial charge in [-0.3, -0.25) is 4.79 Å². The summed E-state index contributed by atoms with van der Waals surface area (Å²) in [6.07, 6.45) is 1.01. The number of rotatable bonds is 2. The van der Waals surface area contributed by atoms with Gasteiger partial charge >= 0.3 is 0 Å². The van der Waals surface area contributed by atoms with Crippen LogP contribution in [0.2, 0.25) is 0 Å². The fraction of sp³-hybridized carbons (Fsp3) is 0.500. The third-order valence-electron chi connectivity index (χ3n) is 3.32. The van der Waals surface area contributed by atoms with Crippen molar-refractivity contribution in [1.82, 2.24) is 4.98 Å². The Bertz CT molecular complexity index is 439. The van der Waals surface area contributed by atoms with E-state index in [4.69, 9.17) is 11.5 Å². The minimum absolute atomic E-state index is 0.0367. The molecular weight excluding hydrogens is 232 g/mol. The Hall–Kier alpha value is -1.66. The Morgan fingerprint density at radius 1 is 1.56 bits per heavy atom. The van der Waals surface area contributed by atoms with Gasteiger partial charge in [0.2, 0.25) is 0 Å². The van der Waals surface area contributed by atoms with E-state index < -0.39 is 12.0 Å². The molecule has 6 nitrogen and oxygen atoms in total. The molecule has 0 aromatic carbocycles. The van der Waals surface area contributed by atoms with Crippen molar-refractivity contribution in [1.29, 1.82) is 0 Å². The molecule has 0 radical (unpaired) electrons. The second-order valence-corrected chi connectivity index (χ2v) is 4.77. The van der Waals surface area contributed by atoms with E-state index in [9.17, 15) is 9.90 Å². The molecule has 6 heteroatoms. The quantitative estimate of drug-likeness (QED) is 0.645. The third kappa shape index (κ3) is 2.30. The Morgan fingerprint density at radius 3 is 2.89 bits per heavy atom. The maximum absolute atomic E-state index is 11.3. The van der Waals surface area contributed by atoms with Crippen LogP contribution in [-0.4, -0.2) is 41.2 Å². The highest BCUT2D eigenvalue weighted by atomic mass is 16.3. The van der Waals surface area contributed by atoms with E-state index in [-0.39, 0.29) is 17.7 Å². The van der Waals surface area contributed by atoms with E-state index in [1.165, 1.54) is 6.20 Å². The summed E-state index contributed by atoms with van der Waals surface area (Å²) in [5.41, 5.74) is 12.1. The molecule has 1 aliphatic rings. The molecule has 1 aliphatic heterocycles. The summed E-state index contributed by atoms with van der Waals surface area (Å²) in [5.74, 6) is -0.521. The molecule has 3 unspecified atom stereocenters. The molecule has 18 heavy (non-hydrogen) atoms. The van der Waals surface area contributed by atoms with Crippen LogP contribution in [0.1, 0.15) is 17.4 Å². The molecule has 98 valence electrons. The van der Waals surface area contributed by atoms with Gasteiger partial charge in [0.05, 0.1) is 11.8 Å². The van der Waals surface area contributed by atoms with Gasteiger partial charge in [0.15, 0.2) is 5.69 Å². The lowest BCUT2D eigenvalue weighted by atomic mass is 9.92. The number of hydrogen-bond acceptors (Lipinski definition) is 5. The molecule has 1 amide bonds. The molecule has 0 spiro atoms. The number of hydrogen-bond donors (Lipinski definition) is 3. The van der Waals surface area contributed by atoms with Gasteiger partial charge in [0.25, 0.3) is 5.91 Å². The zero-order valence-electron chi connectivity index (χ0n) is 10.3. The van der Waals surface area contributed by atoms with Crippen LogP contribution in [0.4, 0.5) is 5.69 Å². The lowest BCUT2D eigenvalue weighted by Crippen LogP contribution is -2.56. The zero-order valence-corrected chi connectivity index (χ0v) is 10.3. The number of piperidine rings is 1. The highest BCUT2D eigenvalue weighted by Gasteiger charge is 2.32. The monoisotopic (exact) mass is 250 g/mol. The van der Waals surface area contributed by atoms with E-state index in [2.05, 4.69) is 4.98 Å². The molecule has 2 rings (SSSR count). The highest BCUT2D eigenvalue weighted by Crippen LogP contribution is 2.24. The van der Waals surface area contributed by atoms with Crippen molar-refractivity contribution >= 4 is 11.6 Å². The van der Waals surface area contributed by atoms with Crippen LogP contribution >= 0.6 is 0 Å². The first-order chi connectivity index (χ1) is 8.50. The summed E-state index contributed by atoms with van der Waals surface area (Å²) in [7, 11) is 0. The summed E-state index contributed by atoms with van der Waals surface area (Å²) in [4.78, 5) is 17.3. The van der Waals surface area contributed by atoms with Gasteiger partial charge < -0.3 is 21.5 Å². The number of carbonyl (C=O) groups is 1. The van der Waals surface area contributed by atoms with E-state index in [0.29, 0.717) is 18.8 Å². The van der Waals surface area contributed by atoms with Gasteiger partial charge in [0.1, 0.15) is 0 Å². The minimum Gasteiger partial charge on any atom is -0.391 e. The van der Waals surface area contributed by atoms with Crippen molar-refractivity contribution in [2.75, 3.05) is 18.0 Å². The normalized spacial score (nSPS) is 28.2. The molecule has 0 bridgehead atoms. The zero-order chi connectivity index (χ0) is 13.3. The fourth-order valence-corrected chi connectivity index (χ4v) is 2.35. The molecule has 0 saturated carbocycles. The Kier molecular flexibility index (Phi) is 3.49. The van der Waals surface area contributed by atoms with Crippen LogP contribution in [0.15, 0.2) is 18.3 Å². The van der Waals surface area contributed by atoms with Gasteiger partial charge in [-0.15, -0.1) is 0 Å². The van der Waals surface area contributed by atoms with Gasteiger partial charge in [0, 0.05) is 31.2 Å². The average molecular weight is 250 g/mol. The molecule has 0 aliphatic carbocycles. The molecular formula is C12H18N4O2. The van der Waals surface area contributed by atoms with Gasteiger partial charge in [-0.1, -0.05) is 6.92 Å². The Balaban J connectivity index is 2.30. The standard InChI is InChI=1S/C12H18N4O2/c1-7-5-16(6-8(13)11(7)17)9-3-2-4-15-10(9)12(14)18/h2-4,7-8,11,17H,5-6,13H2,1H3,(H2,14,18). The molecule has 1 fully saturated rings. The number of carbonyl (C=O) groups excluding carboxylic acids is 1. The van der Waals surface area contributed by atoms with Crippen molar-refractivity contribution in [3.8, 4) is 0 Å². The predicted molar refractivity (Wildman–Crippen MR) is 68.1 cm³/mol. The van der Waals surface area contributed by atoms with E-state index in [1.807, 2.05) is 11.8 Å². The topological polar surface area (TPSA) is 105 Å². The van der Waals surface area contributed by atoms with Crippen LogP contribution in [0, 0.1) is 5.92 Å². The number of pyridine rings is 1. The average Bonchev–Trinajstić information content (AvgIpc) is 2.35. The van der Waals surface area contributed by atoms with E-state index >= 15 is 0 Å². The second kappa shape index (κ2) is 4.91. The van der Waals surface area contributed by atoms with E-state index in [1.54, 1.807) is 12.1 Å². The van der Waals surface area contributed by atoms with Gasteiger partial charge in [-0.05, 0) is 12.1 Å². The highest BCUT2D eigenvalue weighted by molar-refractivity contribution is 5.96. The van der Waals surface area contributed by atoms with E-state index in [0.717, 1.165) is 0 Å². The number of nitrogens with zero attached hydrogens (tertiary/aromatic N) is 2.